The van der Waals surface area contributed by atoms with Gasteiger partial charge in [0, 0.05) is 30.2 Å². The van der Waals surface area contributed by atoms with Crippen LogP contribution in [-0.2, 0) is 0 Å². The predicted octanol–water partition coefficient (Wildman–Crippen LogP) is 3.39. The number of amides is 1. The molecule has 0 atom stereocenters. The van der Waals surface area contributed by atoms with Gasteiger partial charge in [0.1, 0.15) is 0 Å². The number of hydrogen-bond acceptors (Lipinski definition) is 5. The number of rotatable bonds is 2. The van der Waals surface area contributed by atoms with Gasteiger partial charge in [-0.25, -0.2) is 4.98 Å². The molecule has 0 spiro atoms. The monoisotopic (exact) mass is 339 g/mol. The Bertz CT molecular complexity index is 886. The molecule has 5 nitrogen and oxygen atoms in total. The number of thioether (sulfide) groups is 1. The zero-order valence-corrected chi connectivity index (χ0v) is 14.2. The number of benzene rings is 1. The molecule has 122 valence electrons. The van der Waals surface area contributed by atoms with E-state index in [2.05, 4.69) is 10.1 Å². The fraction of sp³-hybridized carbons (Fsp3) is 0.278. The molecule has 1 aliphatic rings. The SMILES string of the molecule is Cc1noc2nc(-c3ccccc3)cc(C(=O)N3CCSCC3)c12. The lowest BCUT2D eigenvalue weighted by Gasteiger charge is -2.26. The van der Waals surface area contributed by atoms with Crippen molar-refractivity contribution in [3.8, 4) is 11.3 Å². The number of carbonyl (C=O) groups excluding carboxylic acids is 1. The van der Waals surface area contributed by atoms with Crippen LogP contribution >= 0.6 is 11.8 Å². The molecule has 3 heterocycles. The molecular formula is C18H17N3O2S. The van der Waals surface area contributed by atoms with Gasteiger partial charge in [-0.05, 0) is 13.0 Å². The molecule has 0 N–H and O–H groups in total. The highest BCUT2D eigenvalue weighted by Crippen LogP contribution is 2.28. The molecule has 6 heteroatoms. The molecule has 3 aromatic rings. The predicted molar refractivity (Wildman–Crippen MR) is 95.2 cm³/mol. The highest BCUT2D eigenvalue weighted by atomic mass is 32.2. The lowest BCUT2D eigenvalue weighted by atomic mass is 10.0. The zero-order valence-electron chi connectivity index (χ0n) is 13.4. The van der Waals surface area contributed by atoms with E-state index in [1.54, 1.807) is 0 Å². The number of aromatic nitrogens is 2. The smallest absolute Gasteiger partial charge is 0.259 e. The molecule has 0 unspecified atom stereocenters. The van der Waals surface area contributed by atoms with E-state index in [0.29, 0.717) is 17.0 Å². The number of fused-ring (bicyclic) bond motifs is 1. The van der Waals surface area contributed by atoms with E-state index < -0.39 is 0 Å². The first-order valence-corrected chi connectivity index (χ1v) is 9.09. The fourth-order valence-electron chi connectivity index (χ4n) is 2.96. The summed E-state index contributed by atoms with van der Waals surface area (Å²) in [5.41, 5.74) is 3.44. The molecule has 0 saturated carbocycles. The van der Waals surface area contributed by atoms with Gasteiger partial charge in [-0.3, -0.25) is 4.79 Å². The highest BCUT2D eigenvalue weighted by molar-refractivity contribution is 7.99. The third kappa shape index (κ3) is 2.67. The molecule has 1 amide bonds. The molecule has 1 aromatic carbocycles. The average Bonchev–Trinajstić information content (AvgIpc) is 3.03. The summed E-state index contributed by atoms with van der Waals surface area (Å²) in [6, 6.07) is 11.7. The van der Waals surface area contributed by atoms with Crippen molar-refractivity contribution in [3.63, 3.8) is 0 Å². The first-order chi connectivity index (χ1) is 11.7. The summed E-state index contributed by atoms with van der Waals surface area (Å²) in [7, 11) is 0. The van der Waals surface area contributed by atoms with Crippen molar-refractivity contribution >= 4 is 28.8 Å². The van der Waals surface area contributed by atoms with Crippen LogP contribution in [0.25, 0.3) is 22.4 Å². The minimum absolute atomic E-state index is 0.0335. The molecular weight excluding hydrogens is 322 g/mol. The van der Waals surface area contributed by atoms with E-state index >= 15 is 0 Å². The average molecular weight is 339 g/mol. The summed E-state index contributed by atoms with van der Waals surface area (Å²) in [4.78, 5) is 19.5. The summed E-state index contributed by atoms with van der Waals surface area (Å²) in [5.74, 6) is 1.99. The Morgan fingerprint density at radius 2 is 1.96 bits per heavy atom. The Balaban J connectivity index is 1.86. The summed E-state index contributed by atoms with van der Waals surface area (Å²) >= 11 is 1.88. The quantitative estimate of drug-likeness (QED) is 0.716. The van der Waals surface area contributed by atoms with Crippen molar-refractivity contribution in [2.75, 3.05) is 24.6 Å². The minimum atomic E-state index is 0.0335. The van der Waals surface area contributed by atoms with Crippen LogP contribution in [0.2, 0.25) is 0 Å². The zero-order chi connectivity index (χ0) is 16.5. The Morgan fingerprint density at radius 1 is 1.21 bits per heavy atom. The maximum atomic E-state index is 13.1. The third-order valence-electron chi connectivity index (χ3n) is 4.22. The highest BCUT2D eigenvalue weighted by Gasteiger charge is 2.24. The standard InChI is InChI=1S/C18H17N3O2S/c1-12-16-14(18(22)21-7-9-24-10-8-21)11-15(19-17(16)23-20-12)13-5-3-2-4-6-13/h2-6,11H,7-10H2,1H3. The molecule has 1 fully saturated rings. The maximum Gasteiger partial charge on any atom is 0.259 e. The second kappa shape index (κ2) is 6.28. The molecule has 1 aliphatic heterocycles. The number of pyridine rings is 1. The Labute approximate surface area is 144 Å². The van der Waals surface area contributed by atoms with Gasteiger partial charge < -0.3 is 9.42 Å². The summed E-state index contributed by atoms with van der Waals surface area (Å²) in [5, 5.41) is 4.73. The second-order valence-corrected chi connectivity index (χ2v) is 7.00. The lowest BCUT2D eigenvalue weighted by Crippen LogP contribution is -2.38. The number of nitrogens with zero attached hydrogens (tertiary/aromatic N) is 3. The van der Waals surface area contributed by atoms with E-state index in [1.165, 1.54) is 0 Å². The van der Waals surface area contributed by atoms with Gasteiger partial charge in [-0.2, -0.15) is 11.8 Å². The van der Waals surface area contributed by atoms with Crippen LogP contribution in [0.5, 0.6) is 0 Å². The molecule has 0 aliphatic carbocycles. The van der Waals surface area contributed by atoms with Crippen molar-refractivity contribution in [3.05, 3.63) is 47.7 Å². The first-order valence-electron chi connectivity index (χ1n) is 7.93. The molecule has 24 heavy (non-hydrogen) atoms. The van der Waals surface area contributed by atoms with Crippen molar-refractivity contribution in [1.29, 1.82) is 0 Å². The van der Waals surface area contributed by atoms with Crippen LogP contribution in [-0.4, -0.2) is 45.5 Å². The molecule has 4 rings (SSSR count). The summed E-state index contributed by atoms with van der Waals surface area (Å²) < 4.78 is 5.35. The van der Waals surface area contributed by atoms with Crippen molar-refractivity contribution in [2.24, 2.45) is 0 Å². The van der Waals surface area contributed by atoms with Crippen LogP contribution in [0.15, 0.2) is 40.9 Å². The van der Waals surface area contributed by atoms with Gasteiger partial charge in [-0.15, -0.1) is 0 Å². The maximum absolute atomic E-state index is 13.1. The Morgan fingerprint density at radius 3 is 2.71 bits per heavy atom. The van der Waals surface area contributed by atoms with Crippen LogP contribution in [0, 0.1) is 6.92 Å². The van der Waals surface area contributed by atoms with Crippen molar-refractivity contribution < 1.29 is 9.32 Å². The largest absolute Gasteiger partial charge is 0.337 e. The van der Waals surface area contributed by atoms with Gasteiger partial charge in [-0.1, -0.05) is 35.5 Å². The third-order valence-corrected chi connectivity index (χ3v) is 5.16. The van der Waals surface area contributed by atoms with Crippen LogP contribution in [0.3, 0.4) is 0 Å². The van der Waals surface area contributed by atoms with Gasteiger partial charge >= 0.3 is 0 Å². The van der Waals surface area contributed by atoms with E-state index in [-0.39, 0.29) is 5.91 Å². The molecule has 2 aromatic heterocycles. The topological polar surface area (TPSA) is 59.2 Å². The van der Waals surface area contributed by atoms with Gasteiger partial charge in [0.25, 0.3) is 11.6 Å². The molecule has 0 bridgehead atoms. The van der Waals surface area contributed by atoms with Gasteiger partial charge in [0.2, 0.25) is 0 Å². The van der Waals surface area contributed by atoms with E-state index in [1.807, 2.05) is 60.0 Å². The summed E-state index contributed by atoms with van der Waals surface area (Å²) in [6.45, 7) is 3.40. The molecule has 0 radical (unpaired) electrons. The Hall–Kier alpha value is -2.34. The van der Waals surface area contributed by atoms with E-state index in [4.69, 9.17) is 4.52 Å². The number of aryl methyl sites for hydroxylation is 1. The second-order valence-electron chi connectivity index (χ2n) is 5.77. The van der Waals surface area contributed by atoms with Gasteiger partial charge in [0.15, 0.2) is 0 Å². The number of carbonyl (C=O) groups is 1. The molecule has 1 saturated heterocycles. The van der Waals surface area contributed by atoms with Gasteiger partial charge in [0.05, 0.1) is 22.3 Å². The van der Waals surface area contributed by atoms with E-state index in [9.17, 15) is 4.79 Å². The normalized spacial score (nSPS) is 15.0. The van der Waals surface area contributed by atoms with Crippen LogP contribution in [0.1, 0.15) is 16.1 Å². The summed E-state index contributed by atoms with van der Waals surface area (Å²) in [6.07, 6.45) is 0. The van der Waals surface area contributed by atoms with Crippen molar-refractivity contribution in [1.82, 2.24) is 15.0 Å². The minimum Gasteiger partial charge on any atom is -0.337 e. The van der Waals surface area contributed by atoms with Crippen LogP contribution < -0.4 is 0 Å². The number of hydrogen-bond donors (Lipinski definition) is 0. The fourth-order valence-corrected chi connectivity index (χ4v) is 3.86. The van der Waals surface area contributed by atoms with E-state index in [0.717, 1.165) is 41.2 Å². The lowest BCUT2D eigenvalue weighted by molar-refractivity contribution is 0.0774. The van der Waals surface area contributed by atoms with Crippen LogP contribution in [0.4, 0.5) is 0 Å². The van der Waals surface area contributed by atoms with Crippen molar-refractivity contribution in [2.45, 2.75) is 6.92 Å². The Kier molecular flexibility index (Phi) is 3.98. The first kappa shape index (κ1) is 15.2.